The average molecular weight is 218 g/mol. The fourth-order valence-electron chi connectivity index (χ4n) is 2.60. The molecule has 2 heteroatoms. The van der Waals surface area contributed by atoms with Crippen molar-refractivity contribution in [2.45, 2.75) is 25.2 Å². The Bertz CT molecular complexity index is 358. The molecule has 0 saturated heterocycles. The lowest BCUT2D eigenvalue weighted by atomic mass is 9.95. The molecule has 88 valence electrons. The zero-order valence-electron chi connectivity index (χ0n) is 10.4. The highest BCUT2D eigenvalue weighted by Crippen LogP contribution is 2.26. The molecule has 1 atom stereocenters. The van der Waals surface area contributed by atoms with Crippen molar-refractivity contribution < 1.29 is 0 Å². The highest BCUT2D eigenvalue weighted by atomic mass is 15.1. The topological polar surface area (TPSA) is 29.3 Å². The summed E-state index contributed by atoms with van der Waals surface area (Å²) in [4.78, 5) is 2.21. The summed E-state index contributed by atoms with van der Waals surface area (Å²) >= 11 is 0. The maximum absolute atomic E-state index is 5.87. The number of nitrogens with zero attached hydrogens (tertiary/aromatic N) is 1. The highest BCUT2D eigenvalue weighted by Gasteiger charge is 2.15. The van der Waals surface area contributed by atoms with E-state index in [1.165, 1.54) is 24.8 Å². The Hall–Kier alpha value is -0.860. The first-order valence-electron chi connectivity index (χ1n) is 6.17. The van der Waals surface area contributed by atoms with Crippen LogP contribution in [0.25, 0.3) is 0 Å². The first-order chi connectivity index (χ1) is 7.70. The predicted octanol–water partition coefficient (Wildman–Crippen LogP) is 1.78. The molecule has 2 rings (SSSR count). The van der Waals surface area contributed by atoms with Crippen LogP contribution in [0.3, 0.4) is 0 Å². The van der Waals surface area contributed by atoms with Gasteiger partial charge >= 0.3 is 0 Å². The maximum atomic E-state index is 5.87. The molecule has 0 fully saturated rings. The van der Waals surface area contributed by atoms with E-state index in [-0.39, 0.29) is 0 Å². The monoisotopic (exact) mass is 218 g/mol. The second-order valence-corrected chi connectivity index (χ2v) is 5.08. The summed E-state index contributed by atoms with van der Waals surface area (Å²) in [5.41, 5.74) is 10.4. The Morgan fingerprint density at radius 2 is 2.00 bits per heavy atom. The van der Waals surface area contributed by atoms with E-state index in [0.29, 0.717) is 5.92 Å². The van der Waals surface area contributed by atoms with E-state index < -0.39 is 0 Å². The van der Waals surface area contributed by atoms with Crippen LogP contribution >= 0.6 is 0 Å². The van der Waals surface area contributed by atoms with E-state index in [0.717, 1.165) is 13.1 Å². The van der Waals surface area contributed by atoms with Crippen molar-refractivity contribution in [2.24, 2.45) is 5.73 Å². The Morgan fingerprint density at radius 3 is 2.69 bits per heavy atom. The molecule has 0 saturated carbocycles. The van der Waals surface area contributed by atoms with Crippen LogP contribution in [0, 0.1) is 0 Å². The van der Waals surface area contributed by atoms with E-state index in [1.807, 2.05) is 0 Å². The predicted molar refractivity (Wildman–Crippen MR) is 68.8 cm³/mol. The third kappa shape index (κ3) is 2.45. The van der Waals surface area contributed by atoms with Gasteiger partial charge in [0.05, 0.1) is 0 Å². The van der Waals surface area contributed by atoms with Crippen molar-refractivity contribution in [3.8, 4) is 0 Å². The largest absolute Gasteiger partial charge is 0.330 e. The number of likely N-dealkylation sites (N-methyl/N-ethyl adjacent to an activating group) is 1. The van der Waals surface area contributed by atoms with Crippen molar-refractivity contribution in [1.82, 2.24) is 4.90 Å². The molecule has 1 aliphatic rings. The van der Waals surface area contributed by atoms with Gasteiger partial charge in [0.25, 0.3) is 0 Å². The summed E-state index contributed by atoms with van der Waals surface area (Å²) in [5, 5.41) is 0. The van der Waals surface area contributed by atoms with E-state index in [9.17, 15) is 0 Å². The van der Waals surface area contributed by atoms with Gasteiger partial charge in [-0.1, -0.05) is 18.2 Å². The van der Waals surface area contributed by atoms with Gasteiger partial charge in [-0.3, -0.25) is 0 Å². The Balaban J connectivity index is 2.18. The number of fused-ring (bicyclic) bond motifs is 1. The van der Waals surface area contributed by atoms with E-state index in [1.54, 1.807) is 11.1 Å². The number of benzene rings is 1. The van der Waals surface area contributed by atoms with Gasteiger partial charge in [0.2, 0.25) is 0 Å². The molecule has 1 aromatic rings. The fraction of sp³-hybridized carbons (Fsp3) is 0.571. The van der Waals surface area contributed by atoms with Gasteiger partial charge < -0.3 is 10.6 Å². The SMILES string of the molecule is CN(C)CC(CN)c1ccc2c(c1)CCC2. The molecule has 2 nitrogen and oxygen atoms in total. The van der Waals surface area contributed by atoms with Crippen LogP contribution in [0.2, 0.25) is 0 Å². The van der Waals surface area contributed by atoms with Gasteiger partial charge in [-0.05, 0) is 50.0 Å². The zero-order chi connectivity index (χ0) is 11.5. The van der Waals surface area contributed by atoms with Crippen LogP contribution in [0.1, 0.15) is 29.0 Å². The van der Waals surface area contributed by atoms with Crippen LogP contribution in [0.4, 0.5) is 0 Å². The van der Waals surface area contributed by atoms with Gasteiger partial charge in [-0.25, -0.2) is 0 Å². The van der Waals surface area contributed by atoms with Crippen LogP contribution in [0.5, 0.6) is 0 Å². The van der Waals surface area contributed by atoms with Gasteiger partial charge in [-0.15, -0.1) is 0 Å². The molecule has 0 heterocycles. The summed E-state index contributed by atoms with van der Waals surface area (Å²) in [6.45, 7) is 1.77. The van der Waals surface area contributed by atoms with Crippen molar-refractivity contribution in [3.05, 3.63) is 34.9 Å². The number of nitrogens with two attached hydrogens (primary N) is 1. The molecule has 0 spiro atoms. The number of aryl methyl sites for hydroxylation is 2. The summed E-state index contributed by atoms with van der Waals surface area (Å²) in [7, 11) is 4.21. The molecular weight excluding hydrogens is 196 g/mol. The summed E-state index contributed by atoms with van der Waals surface area (Å²) in [6.07, 6.45) is 3.83. The Morgan fingerprint density at radius 1 is 1.25 bits per heavy atom. The first kappa shape index (κ1) is 11.6. The fourth-order valence-corrected chi connectivity index (χ4v) is 2.60. The standard InChI is InChI=1S/C14H22N2/c1-16(2)10-14(9-15)13-7-6-11-4-3-5-12(11)8-13/h6-8,14H,3-5,9-10,15H2,1-2H3. The molecular formula is C14H22N2. The summed E-state index contributed by atoms with van der Waals surface area (Å²) in [6, 6.07) is 6.95. The quantitative estimate of drug-likeness (QED) is 0.834. The minimum atomic E-state index is 0.473. The first-order valence-corrected chi connectivity index (χ1v) is 6.17. The minimum absolute atomic E-state index is 0.473. The van der Waals surface area contributed by atoms with E-state index in [4.69, 9.17) is 5.73 Å². The Labute approximate surface area is 98.4 Å². The maximum Gasteiger partial charge on any atom is 0.00887 e. The molecule has 0 bridgehead atoms. The van der Waals surface area contributed by atoms with Crippen molar-refractivity contribution in [2.75, 3.05) is 27.2 Å². The average Bonchev–Trinajstić information content (AvgIpc) is 2.72. The van der Waals surface area contributed by atoms with Gasteiger partial charge in [-0.2, -0.15) is 0 Å². The number of rotatable bonds is 4. The second-order valence-electron chi connectivity index (χ2n) is 5.08. The number of hydrogen-bond acceptors (Lipinski definition) is 2. The third-order valence-corrected chi connectivity index (χ3v) is 3.46. The normalized spacial score (nSPS) is 16.5. The Kier molecular flexibility index (Phi) is 3.62. The lowest BCUT2D eigenvalue weighted by Gasteiger charge is -2.20. The summed E-state index contributed by atoms with van der Waals surface area (Å²) < 4.78 is 0. The second kappa shape index (κ2) is 4.98. The lowest BCUT2D eigenvalue weighted by Crippen LogP contribution is -2.25. The summed E-state index contributed by atoms with van der Waals surface area (Å²) in [5.74, 6) is 0.473. The molecule has 1 aromatic carbocycles. The smallest absolute Gasteiger partial charge is 0.00887 e. The molecule has 0 aromatic heterocycles. The molecule has 0 radical (unpaired) electrons. The molecule has 1 unspecified atom stereocenters. The lowest BCUT2D eigenvalue weighted by molar-refractivity contribution is 0.375. The van der Waals surface area contributed by atoms with Crippen LogP contribution in [-0.2, 0) is 12.8 Å². The molecule has 0 aliphatic heterocycles. The molecule has 1 aliphatic carbocycles. The molecule has 16 heavy (non-hydrogen) atoms. The highest BCUT2D eigenvalue weighted by molar-refractivity contribution is 5.37. The van der Waals surface area contributed by atoms with E-state index in [2.05, 4.69) is 37.2 Å². The molecule has 0 amide bonds. The van der Waals surface area contributed by atoms with Crippen LogP contribution in [-0.4, -0.2) is 32.1 Å². The van der Waals surface area contributed by atoms with Crippen molar-refractivity contribution in [1.29, 1.82) is 0 Å². The van der Waals surface area contributed by atoms with Crippen molar-refractivity contribution >= 4 is 0 Å². The van der Waals surface area contributed by atoms with E-state index >= 15 is 0 Å². The van der Waals surface area contributed by atoms with Crippen LogP contribution in [0.15, 0.2) is 18.2 Å². The molecule has 2 N–H and O–H groups in total. The minimum Gasteiger partial charge on any atom is -0.330 e. The van der Waals surface area contributed by atoms with Gasteiger partial charge in [0.15, 0.2) is 0 Å². The van der Waals surface area contributed by atoms with Gasteiger partial charge in [0, 0.05) is 19.0 Å². The van der Waals surface area contributed by atoms with Crippen LogP contribution < -0.4 is 5.73 Å². The third-order valence-electron chi connectivity index (χ3n) is 3.46. The van der Waals surface area contributed by atoms with Gasteiger partial charge in [0.1, 0.15) is 0 Å². The zero-order valence-corrected chi connectivity index (χ0v) is 10.4. The number of hydrogen-bond donors (Lipinski definition) is 1. The van der Waals surface area contributed by atoms with Crippen molar-refractivity contribution in [3.63, 3.8) is 0 Å².